The van der Waals surface area contributed by atoms with Gasteiger partial charge in [-0.15, -0.1) is 0 Å². The molecule has 6 aromatic heterocycles. The minimum absolute atomic E-state index is 0.0194. The van der Waals surface area contributed by atoms with Gasteiger partial charge in [0.1, 0.15) is 85.5 Å². The number of hydrogen-bond donors (Lipinski definition) is 18. The summed E-state index contributed by atoms with van der Waals surface area (Å²) in [5, 5.41) is 138. The molecule has 6 aromatic rings. The van der Waals surface area contributed by atoms with E-state index < -0.39 is 157 Å². The first-order chi connectivity index (χ1) is 45.3. The van der Waals surface area contributed by atoms with E-state index in [0.717, 1.165) is 55.4 Å². The number of aliphatic carboxylic acids is 8. The van der Waals surface area contributed by atoms with Gasteiger partial charge in [-0.1, -0.05) is 0 Å². The summed E-state index contributed by atoms with van der Waals surface area (Å²) in [6, 6.07) is 0. The highest BCUT2D eigenvalue weighted by Crippen LogP contribution is 2.36. The monoisotopic (exact) mass is 1410 g/mol. The number of fused-ring (bicyclic) bond motifs is 3. The molecule has 21 N–H and O–H groups in total. The zero-order valence-corrected chi connectivity index (χ0v) is 53.1. The van der Waals surface area contributed by atoms with Crippen LogP contribution in [0.5, 0.6) is 0 Å². The first kappa shape index (κ1) is 88.8. The number of carboxylic acid groups (broad SMARTS) is 8. The topological polar surface area (TPSA) is 772 Å². The maximum atomic E-state index is 11.3. The molecule has 546 valence electrons. The number of ether oxygens (including phenoxy) is 5. The van der Waals surface area contributed by atoms with E-state index in [9.17, 15) is 45.2 Å². The van der Waals surface area contributed by atoms with Crippen LogP contribution in [0.15, 0.2) is 31.6 Å². The van der Waals surface area contributed by atoms with Gasteiger partial charge in [0, 0.05) is 69.2 Å². The Morgan fingerprint density at radius 1 is 0.449 bits per heavy atom. The number of carboxylic acids is 8. The highest BCUT2D eigenvalue weighted by molar-refractivity contribution is 5.83. The maximum absolute atomic E-state index is 11.3. The molecule has 3 aliphatic rings. The number of anilines is 3. The van der Waals surface area contributed by atoms with Gasteiger partial charge in [0.15, 0.2) is 53.2 Å². The third kappa shape index (κ3) is 31.8. The number of rotatable bonds is 9. The Morgan fingerprint density at radius 2 is 0.745 bits per heavy atom. The fourth-order valence-electron chi connectivity index (χ4n) is 7.15. The number of nitrogens with two attached hydrogens (primary N) is 3. The number of aliphatic hydroxyl groups is 7. The van der Waals surface area contributed by atoms with Crippen LogP contribution in [0.1, 0.15) is 87.9 Å². The smallest absolute Gasteiger partial charge is 0.473 e. The summed E-state index contributed by atoms with van der Waals surface area (Å²) >= 11 is 0. The molecule has 0 saturated carbocycles. The van der Waals surface area contributed by atoms with Crippen molar-refractivity contribution in [3.05, 3.63) is 41.8 Å². The lowest BCUT2D eigenvalue weighted by atomic mass is 10.1. The normalized spacial score (nSPS) is 21.0. The molecule has 0 aromatic carbocycles. The minimum atomic E-state index is -1.37. The van der Waals surface area contributed by atoms with E-state index >= 15 is 0 Å². The molecule has 3 saturated heterocycles. The molecular weight excluding hydrogens is 1340 g/mol. The van der Waals surface area contributed by atoms with Crippen LogP contribution < -0.4 is 17.2 Å². The van der Waals surface area contributed by atoms with E-state index in [4.69, 9.17) is 130 Å². The van der Waals surface area contributed by atoms with Crippen LogP contribution in [0.25, 0.3) is 33.5 Å². The van der Waals surface area contributed by atoms with E-state index in [2.05, 4.69) is 44.9 Å². The van der Waals surface area contributed by atoms with Gasteiger partial charge in [-0.3, -0.25) is 61.6 Å². The molecule has 0 radical (unpaired) electrons. The Hall–Kier alpha value is -11.2. The Kier molecular flexibility index (Phi) is 39.6. The van der Waals surface area contributed by atoms with Crippen molar-refractivity contribution in [1.29, 1.82) is 0 Å². The number of carbonyl (C=O) groups excluding carboxylic acids is 2. The van der Waals surface area contributed by atoms with Crippen molar-refractivity contribution in [3.63, 3.8) is 0 Å². The summed E-state index contributed by atoms with van der Waals surface area (Å²) in [6.45, 7) is 10.1. The Balaban J connectivity index is 0. The summed E-state index contributed by atoms with van der Waals surface area (Å²) < 4.78 is 30.6. The molecule has 0 amide bonds. The van der Waals surface area contributed by atoms with E-state index in [1.54, 1.807) is 0 Å². The summed E-state index contributed by atoms with van der Waals surface area (Å²) in [5.74, 6) is -8.29. The fraction of sp³-hybridized carbons (Fsp3) is 0.500. The predicted molar refractivity (Wildman–Crippen MR) is 320 cm³/mol. The molecule has 9 rings (SSSR count). The number of aromatic nitrogens is 12. The van der Waals surface area contributed by atoms with E-state index in [1.807, 2.05) is 0 Å². The van der Waals surface area contributed by atoms with Crippen LogP contribution in [0, 0.1) is 10.1 Å². The molecular formula is C50H74N16O32. The average molecular weight is 1410 g/mol. The van der Waals surface area contributed by atoms with Crippen molar-refractivity contribution in [2.45, 2.75) is 143 Å². The number of nitro groups is 1. The average Bonchev–Trinajstić information content (AvgIpc) is 1.63. The third-order valence-corrected chi connectivity index (χ3v) is 10.3. The zero-order chi connectivity index (χ0) is 76.3. The SMILES string of the molecule is CC(=O)O.CC(=O)O.CC(=O)O.CC(=O)O.CC(=O)O.CC(=O)O.CC(=O)O.CC(=O)O.CC(=O)OC[C@H]1O[C@@H](n2cnc3c(N)ncnc32)[C@H](O)[C@@H]1OC(C)=O.Nc1nc([N+](=O)[O-])nc2c1ncn2[C@@H]1O[C@H](CO)[C@@H](O)[C@H]1O.Nc1ncnc2c1ncn2[C@@H]1O[C@H](CO)[C@@H](O)[C@H]1O. The van der Waals surface area contributed by atoms with Crippen molar-refractivity contribution in [2.24, 2.45) is 0 Å². The number of nitrogens with zero attached hydrogens (tertiary/aromatic N) is 13. The molecule has 0 spiro atoms. The van der Waals surface area contributed by atoms with Crippen LogP contribution in [0.4, 0.5) is 23.4 Å². The van der Waals surface area contributed by atoms with Crippen molar-refractivity contribution < 1.29 is 153 Å². The van der Waals surface area contributed by atoms with Crippen molar-refractivity contribution in [1.82, 2.24) is 58.6 Å². The van der Waals surface area contributed by atoms with Crippen molar-refractivity contribution in [3.8, 4) is 0 Å². The molecule has 9 heterocycles. The Labute approximate surface area is 548 Å². The van der Waals surface area contributed by atoms with Crippen LogP contribution in [-0.2, 0) is 71.6 Å². The van der Waals surface area contributed by atoms with E-state index in [-0.39, 0.29) is 35.2 Å². The molecule has 0 aliphatic carbocycles. The quantitative estimate of drug-likeness (QED) is 0.0371. The number of nitrogen functional groups attached to an aromatic ring is 3. The standard InChI is InChI=1S/C14H17N5O6.C10H12N6O6.C10H13N5O4.8C2H4O2/c1-6(20)23-3-8-11(24-7(2)21)10(22)14(25-8)19-5-18-9-12(15)16-4-17-13(9)19;11-7-4-8(14-10(13-7)16(20)21)15(2-12-4)9-6(19)5(18)3(1-17)22-9;11-8-5-9(13-2-12-8)15(3-14-5)10-7(18)6(17)4(1-16)19-10;8*1-2(3)4/h4-5,8,10-11,14,22H,3H2,1-2H3,(H2,15,16,17);2-3,5-6,9,17-19H,1H2,(H2,11,13,14);2-4,6-7,10,16-18H,1H2,(H2,11,12,13);8*1H3,(H,3,4)/t8-,10-,11-,14-;3-,5-,6-,9-;4-,6-,7-,10-;;;;;;;;/m111......../s1. The Bertz CT molecular complexity index is 3430. The van der Waals surface area contributed by atoms with Gasteiger partial charge in [0.2, 0.25) is 11.5 Å². The number of imidazole rings is 3. The van der Waals surface area contributed by atoms with Gasteiger partial charge in [-0.2, -0.15) is 0 Å². The maximum Gasteiger partial charge on any atom is 0.473 e. The Morgan fingerprint density at radius 3 is 1.03 bits per heavy atom. The van der Waals surface area contributed by atoms with Crippen LogP contribution in [0.3, 0.4) is 0 Å². The summed E-state index contributed by atoms with van der Waals surface area (Å²) in [4.78, 5) is 139. The lowest BCUT2D eigenvalue weighted by Crippen LogP contribution is -2.38. The van der Waals surface area contributed by atoms with Gasteiger partial charge in [0.05, 0.1) is 25.9 Å². The van der Waals surface area contributed by atoms with Gasteiger partial charge < -0.3 is 128 Å². The fourth-order valence-corrected chi connectivity index (χ4v) is 7.15. The van der Waals surface area contributed by atoms with E-state index in [1.165, 1.54) is 59.2 Å². The van der Waals surface area contributed by atoms with Crippen molar-refractivity contribution >= 4 is 117 Å². The lowest BCUT2D eigenvalue weighted by molar-refractivity contribution is -0.394. The minimum Gasteiger partial charge on any atom is -0.481 e. The second-order valence-electron chi connectivity index (χ2n) is 18.7. The highest BCUT2D eigenvalue weighted by Gasteiger charge is 2.49. The van der Waals surface area contributed by atoms with Gasteiger partial charge in [-0.05, 0) is 14.9 Å². The molecule has 0 unspecified atom stereocenters. The van der Waals surface area contributed by atoms with Gasteiger partial charge >= 0.3 is 17.9 Å². The zero-order valence-electron chi connectivity index (χ0n) is 53.1. The van der Waals surface area contributed by atoms with Crippen LogP contribution in [0.2, 0.25) is 0 Å². The number of carbonyl (C=O) groups is 10. The molecule has 12 atom stereocenters. The predicted octanol–water partition coefficient (Wildman–Crippen LogP) is -4.16. The van der Waals surface area contributed by atoms with Crippen molar-refractivity contribution in [2.75, 3.05) is 37.0 Å². The summed E-state index contributed by atoms with van der Waals surface area (Å²) in [5.41, 5.74) is 18.6. The molecule has 48 nitrogen and oxygen atoms in total. The molecule has 48 heteroatoms. The third-order valence-electron chi connectivity index (χ3n) is 10.3. The van der Waals surface area contributed by atoms with Gasteiger partial charge in [-0.25, -0.2) is 34.9 Å². The molecule has 3 fully saturated rings. The number of aliphatic hydroxyl groups excluding tert-OH is 7. The second-order valence-corrected chi connectivity index (χ2v) is 18.7. The second kappa shape index (κ2) is 43.7. The summed E-state index contributed by atoms with van der Waals surface area (Å²) in [7, 11) is 0. The lowest BCUT2D eigenvalue weighted by Gasteiger charge is -2.19. The van der Waals surface area contributed by atoms with Gasteiger partial charge in [0.25, 0.3) is 47.8 Å². The highest BCUT2D eigenvalue weighted by atomic mass is 16.6. The van der Waals surface area contributed by atoms with Crippen LogP contribution in [-0.4, -0.2) is 275 Å². The number of hydrogen-bond acceptors (Lipinski definition) is 36. The van der Waals surface area contributed by atoms with Crippen LogP contribution >= 0.6 is 0 Å². The number of esters is 2. The van der Waals surface area contributed by atoms with E-state index in [0.29, 0.717) is 22.3 Å². The molecule has 3 aliphatic heterocycles. The molecule has 98 heavy (non-hydrogen) atoms. The first-order valence-electron chi connectivity index (χ1n) is 26.8. The largest absolute Gasteiger partial charge is 0.481 e. The first-order valence-corrected chi connectivity index (χ1v) is 26.8. The summed E-state index contributed by atoms with van der Waals surface area (Å²) in [6.07, 6.45) is -6.40. The molecule has 0 bridgehead atoms.